The van der Waals surface area contributed by atoms with Gasteiger partial charge in [-0.2, -0.15) is 5.10 Å². The van der Waals surface area contributed by atoms with Crippen LogP contribution in [0, 0.1) is 6.92 Å². The average molecular weight is 337 g/mol. The van der Waals surface area contributed by atoms with Gasteiger partial charge in [0.15, 0.2) is 5.76 Å². The predicted octanol–water partition coefficient (Wildman–Crippen LogP) is 3.98. The number of nitrogens with one attached hydrogen (secondary N) is 1. The smallest absolute Gasteiger partial charge is 0.307 e. The number of benzene rings is 1. The summed E-state index contributed by atoms with van der Waals surface area (Å²) in [7, 11) is 2.11. The van der Waals surface area contributed by atoms with Crippen molar-refractivity contribution in [2.75, 3.05) is 11.9 Å². The molecule has 1 aromatic carbocycles. The number of carbonyl (C=O) groups is 1. The van der Waals surface area contributed by atoms with Crippen LogP contribution in [0.1, 0.15) is 48.0 Å². The van der Waals surface area contributed by atoms with Crippen LogP contribution in [0.3, 0.4) is 0 Å². The average Bonchev–Trinajstić information content (AvgIpc) is 3.08. The first-order valence-electron chi connectivity index (χ1n) is 8.25. The van der Waals surface area contributed by atoms with Crippen LogP contribution >= 0.6 is 0 Å². The molecule has 1 aliphatic heterocycles. The van der Waals surface area contributed by atoms with Crippen molar-refractivity contribution in [1.29, 1.82) is 0 Å². The molecule has 0 saturated carbocycles. The van der Waals surface area contributed by atoms with Gasteiger partial charge in [-0.25, -0.2) is 5.43 Å². The van der Waals surface area contributed by atoms with E-state index in [1.165, 1.54) is 23.1 Å². The molecule has 5 heteroatoms. The fourth-order valence-corrected chi connectivity index (χ4v) is 3.08. The molecule has 0 atom stereocenters. The third-order valence-corrected chi connectivity index (χ3v) is 4.72. The number of hydrazone groups is 1. The van der Waals surface area contributed by atoms with E-state index in [2.05, 4.69) is 61.5 Å². The van der Waals surface area contributed by atoms with Gasteiger partial charge in [-0.1, -0.05) is 6.08 Å². The van der Waals surface area contributed by atoms with E-state index in [1.54, 1.807) is 18.3 Å². The molecular weight excluding hydrogens is 314 g/mol. The molecule has 0 radical (unpaired) electrons. The molecule has 1 aromatic heterocycles. The Labute approximate surface area is 148 Å². The second kappa shape index (κ2) is 6.24. The summed E-state index contributed by atoms with van der Waals surface area (Å²) in [5, 5.41) is 4.06. The maximum Gasteiger partial charge on any atom is 0.307 e. The van der Waals surface area contributed by atoms with Crippen molar-refractivity contribution in [3.63, 3.8) is 0 Å². The number of aryl methyl sites for hydroxylation is 1. The van der Waals surface area contributed by atoms with Gasteiger partial charge in [-0.3, -0.25) is 4.79 Å². The highest BCUT2D eigenvalue weighted by molar-refractivity contribution is 5.93. The largest absolute Gasteiger partial charge is 0.459 e. The van der Waals surface area contributed by atoms with E-state index in [0.717, 1.165) is 11.1 Å². The lowest BCUT2D eigenvalue weighted by atomic mass is 9.87. The zero-order valence-electron chi connectivity index (χ0n) is 15.3. The van der Waals surface area contributed by atoms with Gasteiger partial charge in [0, 0.05) is 18.3 Å². The number of allylic oxidation sites excluding steroid dienone is 1. The Morgan fingerprint density at radius 2 is 2.08 bits per heavy atom. The molecule has 0 aliphatic carbocycles. The number of fused-ring (bicyclic) bond motifs is 1. The Morgan fingerprint density at radius 3 is 2.76 bits per heavy atom. The van der Waals surface area contributed by atoms with Gasteiger partial charge in [-0.15, -0.1) is 0 Å². The van der Waals surface area contributed by atoms with E-state index in [9.17, 15) is 4.79 Å². The summed E-state index contributed by atoms with van der Waals surface area (Å²) in [6.07, 6.45) is 5.40. The minimum atomic E-state index is -0.366. The second-order valence-corrected chi connectivity index (χ2v) is 6.94. The predicted molar refractivity (Wildman–Crippen MR) is 101 cm³/mol. The number of hydrogen-bond acceptors (Lipinski definition) is 4. The number of hydrogen-bond donors (Lipinski definition) is 1. The molecule has 5 nitrogen and oxygen atoms in total. The van der Waals surface area contributed by atoms with Crippen molar-refractivity contribution in [3.8, 4) is 0 Å². The Hall–Kier alpha value is -2.82. The van der Waals surface area contributed by atoms with Crippen molar-refractivity contribution < 1.29 is 9.21 Å². The molecule has 0 bridgehead atoms. The lowest BCUT2D eigenvalue weighted by molar-refractivity contribution is 0.0927. The number of furan rings is 1. The summed E-state index contributed by atoms with van der Waals surface area (Å²) in [5.41, 5.74) is 8.18. The Bertz CT molecular complexity index is 861. The first-order valence-corrected chi connectivity index (χ1v) is 8.25. The summed E-state index contributed by atoms with van der Waals surface area (Å²) < 4.78 is 5.04. The van der Waals surface area contributed by atoms with Crippen molar-refractivity contribution >= 4 is 23.4 Å². The maximum absolute atomic E-state index is 11.8. The van der Waals surface area contributed by atoms with E-state index in [1.807, 2.05) is 6.92 Å². The molecule has 2 aromatic rings. The zero-order chi connectivity index (χ0) is 18.2. The van der Waals surface area contributed by atoms with Gasteiger partial charge in [0.05, 0.1) is 18.0 Å². The van der Waals surface area contributed by atoms with Crippen molar-refractivity contribution in [3.05, 3.63) is 59.1 Å². The van der Waals surface area contributed by atoms with Crippen LogP contribution in [0.5, 0.6) is 0 Å². The minimum absolute atomic E-state index is 0.0177. The van der Waals surface area contributed by atoms with E-state index in [4.69, 9.17) is 4.42 Å². The quantitative estimate of drug-likeness (QED) is 0.681. The molecule has 1 amide bonds. The highest BCUT2D eigenvalue weighted by Crippen LogP contribution is 2.38. The lowest BCUT2D eigenvalue weighted by Crippen LogP contribution is -2.42. The lowest BCUT2D eigenvalue weighted by Gasteiger charge is -2.41. The van der Waals surface area contributed by atoms with Crippen LogP contribution in [0.2, 0.25) is 0 Å². The summed E-state index contributed by atoms with van der Waals surface area (Å²) in [4.78, 5) is 14.1. The summed E-state index contributed by atoms with van der Waals surface area (Å²) in [5.74, 6) is -0.128. The van der Waals surface area contributed by atoms with E-state index in [-0.39, 0.29) is 17.2 Å². The van der Waals surface area contributed by atoms with Gasteiger partial charge in [0.25, 0.3) is 0 Å². The molecule has 2 heterocycles. The van der Waals surface area contributed by atoms with Crippen LogP contribution in [-0.2, 0) is 0 Å². The van der Waals surface area contributed by atoms with Gasteiger partial charge >= 0.3 is 5.91 Å². The third-order valence-electron chi connectivity index (χ3n) is 4.72. The molecule has 3 rings (SSSR count). The number of anilines is 1. The molecule has 0 saturated heterocycles. The molecule has 1 aliphatic rings. The van der Waals surface area contributed by atoms with Crippen molar-refractivity contribution in [2.24, 2.45) is 5.10 Å². The molecule has 0 fully saturated rings. The Morgan fingerprint density at radius 1 is 1.32 bits per heavy atom. The van der Waals surface area contributed by atoms with Crippen LogP contribution in [0.4, 0.5) is 5.69 Å². The minimum Gasteiger partial charge on any atom is -0.459 e. The molecule has 0 spiro atoms. The molecular formula is C20H23N3O2. The van der Waals surface area contributed by atoms with Gasteiger partial charge < -0.3 is 9.32 Å². The topological polar surface area (TPSA) is 57.8 Å². The van der Waals surface area contributed by atoms with Crippen LogP contribution in [-0.4, -0.2) is 24.7 Å². The molecule has 0 unspecified atom stereocenters. The third kappa shape index (κ3) is 3.22. The monoisotopic (exact) mass is 337 g/mol. The Kier molecular flexibility index (Phi) is 4.25. The van der Waals surface area contributed by atoms with E-state index >= 15 is 0 Å². The Balaban J connectivity index is 1.86. The summed E-state index contributed by atoms with van der Waals surface area (Å²) >= 11 is 0. The first kappa shape index (κ1) is 17.0. The van der Waals surface area contributed by atoms with E-state index in [0.29, 0.717) is 0 Å². The van der Waals surface area contributed by atoms with E-state index < -0.39 is 0 Å². The maximum atomic E-state index is 11.8. The highest BCUT2D eigenvalue weighted by Gasteiger charge is 2.28. The zero-order valence-corrected chi connectivity index (χ0v) is 15.3. The normalized spacial score (nSPS) is 15.9. The van der Waals surface area contributed by atoms with Crippen molar-refractivity contribution in [1.82, 2.24) is 5.43 Å². The fourth-order valence-electron chi connectivity index (χ4n) is 3.08. The standard InChI is InChI=1S/C20H23N3O2/c1-13-9-17-16(14(2)11-20(3,4)23(17)5)10-15(13)12-21-22-19(24)18-7-6-8-25-18/h6-12H,1-5H3,(H,22,24)/b21-12+. The molecule has 1 N–H and O–H groups in total. The number of likely N-dealkylation sites (N-methyl/N-ethyl adjacent to an activating group) is 1. The van der Waals surface area contributed by atoms with Crippen LogP contribution in [0.25, 0.3) is 5.57 Å². The van der Waals surface area contributed by atoms with Crippen LogP contribution in [0.15, 0.2) is 46.1 Å². The van der Waals surface area contributed by atoms with Crippen molar-refractivity contribution in [2.45, 2.75) is 33.2 Å². The highest BCUT2D eigenvalue weighted by atomic mass is 16.3. The SMILES string of the molecule is CC1=CC(C)(C)N(C)c2cc(C)c(/C=N/NC(=O)c3ccco3)cc21. The fraction of sp³-hybridized carbons (Fsp3) is 0.300. The number of nitrogens with zero attached hydrogens (tertiary/aromatic N) is 2. The number of rotatable bonds is 3. The van der Waals surface area contributed by atoms with Gasteiger partial charge in [-0.05, 0) is 68.7 Å². The number of carbonyl (C=O) groups excluding carboxylic acids is 1. The molecule has 130 valence electrons. The second-order valence-electron chi connectivity index (χ2n) is 6.94. The first-order chi connectivity index (χ1) is 11.8. The van der Waals surface area contributed by atoms with Crippen LogP contribution < -0.4 is 10.3 Å². The van der Waals surface area contributed by atoms with Gasteiger partial charge in [0.1, 0.15) is 0 Å². The molecule has 25 heavy (non-hydrogen) atoms. The number of amides is 1. The van der Waals surface area contributed by atoms with Gasteiger partial charge in [0.2, 0.25) is 0 Å². The summed E-state index contributed by atoms with van der Waals surface area (Å²) in [6, 6.07) is 7.55. The summed E-state index contributed by atoms with van der Waals surface area (Å²) in [6.45, 7) is 8.58.